The van der Waals surface area contributed by atoms with Crippen molar-refractivity contribution in [1.29, 1.82) is 10.5 Å². The molecule has 0 saturated heterocycles. The van der Waals surface area contributed by atoms with Crippen LogP contribution in [0.3, 0.4) is 0 Å². The summed E-state index contributed by atoms with van der Waals surface area (Å²) in [5, 5.41) is 16.9. The number of rotatable bonds is 1. The smallest absolute Gasteiger partial charge is 0.192 e. The van der Waals surface area contributed by atoms with Crippen molar-refractivity contribution in [2.45, 2.75) is 6.18 Å². The van der Waals surface area contributed by atoms with E-state index in [-0.39, 0.29) is 16.2 Å². The zero-order valence-corrected chi connectivity index (χ0v) is 8.97. The first-order valence-corrected chi connectivity index (χ1v) is 4.64. The van der Waals surface area contributed by atoms with Crippen LogP contribution in [0.1, 0.15) is 11.1 Å². The van der Waals surface area contributed by atoms with Crippen LogP contribution in [0.25, 0.3) is 6.08 Å². The van der Waals surface area contributed by atoms with Gasteiger partial charge in [-0.3, -0.25) is 0 Å². The van der Waals surface area contributed by atoms with Crippen LogP contribution in [0.15, 0.2) is 23.8 Å². The molecule has 0 N–H and O–H groups in total. The fourth-order valence-corrected chi connectivity index (χ4v) is 1.36. The largest absolute Gasteiger partial charge is 0.416 e. The number of allylic oxidation sites excluding steroid dienone is 1. The Labute approximate surface area is 100 Å². The zero-order chi connectivity index (χ0) is 13.1. The average Bonchev–Trinajstić information content (AvgIpc) is 2.24. The van der Waals surface area contributed by atoms with Crippen molar-refractivity contribution < 1.29 is 13.2 Å². The van der Waals surface area contributed by atoms with Gasteiger partial charge in [0, 0.05) is 5.02 Å². The van der Waals surface area contributed by atoms with E-state index in [4.69, 9.17) is 22.1 Å². The standard InChI is InChI=1S/C11H4ClF3N2/c12-10-3-7(1-8(5-16)6-17)2-9(4-10)11(13,14)15/h1-4H. The van der Waals surface area contributed by atoms with Crippen molar-refractivity contribution in [3.63, 3.8) is 0 Å². The van der Waals surface area contributed by atoms with E-state index >= 15 is 0 Å². The van der Waals surface area contributed by atoms with Gasteiger partial charge in [-0.2, -0.15) is 23.7 Å². The van der Waals surface area contributed by atoms with Crippen LogP contribution in [0.2, 0.25) is 5.02 Å². The molecule has 0 radical (unpaired) electrons. The maximum atomic E-state index is 12.4. The van der Waals surface area contributed by atoms with Gasteiger partial charge in [-0.05, 0) is 29.8 Å². The summed E-state index contributed by atoms with van der Waals surface area (Å²) < 4.78 is 37.3. The lowest BCUT2D eigenvalue weighted by Crippen LogP contribution is -2.04. The second-order valence-corrected chi connectivity index (χ2v) is 3.49. The van der Waals surface area contributed by atoms with E-state index < -0.39 is 11.7 Å². The van der Waals surface area contributed by atoms with Gasteiger partial charge >= 0.3 is 6.18 Å². The number of hydrogen-bond donors (Lipinski definition) is 0. The van der Waals surface area contributed by atoms with Crippen LogP contribution in [-0.2, 0) is 6.18 Å². The normalized spacial score (nSPS) is 10.2. The first-order chi connectivity index (χ1) is 7.86. The summed E-state index contributed by atoms with van der Waals surface area (Å²) >= 11 is 5.53. The van der Waals surface area contributed by atoms with Gasteiger partial charge in [0.15, 0.2) is 0 Å². The third-order valence-corrected chi connectivity index (χ3v) is 2.02. The molecule has 0 unspecified atom stereocenters. The molecule has 0 bridgehead atoms. The van der Waals surface area contributed by atoms with E-state index in [1.807, 2.05) is 0 Å². The summed E-state index contributed by atoms with van der Waals surface area (Å²) in [5.74, 6) is 0. The molecule has 17 heavy (non-hydrogen) atoms. The molecule has 1 aromatic carbocycles. The fraction of sp³-hybridized carbons (Fsp3) is 0.0909. The second-order valence-electron chi connectivity index (χ2n) is 3.05. The van der Waals surface area contributed by atoms with E-state index in [9.17, 15) is 13.2 Å². The minimum absolute atomic E-state index is 0.0583. The average molecular weight is 257 g/mol. The lowest BCUT2D eigenvalue weighted by Gasteiger charge is -2.07. The summed E-state index contributed by atoms with van der Waals surface area (Å²) in [6.07, 6.45) is -3.48. The zero-order valence-electron chi connectivity index (χ0n) is 8.22. The van der Waals surface area contributed by atoms with Gasteiger partial charge in [-0.1, -0.05) is 11.6 Å². The minimum atomic E-state index is -4.52. The first-order valence-electron chi connectivity index (χ1n) is 4.26. The molecular formula is C11H4ClF3N2. The van der Waals surface area contributed by atoms with Gasteiger partial charge in [0.1, 0.15) is 17.7 Å². The van der Waals surface area contributed by atoms with Crippen LogP contribution >= 0.6 is 11.6 Å². The third kappa shape index (κ3) is 3.51. The molecule has 0 aliphatic rings. The third-order valence-electron chi connectivity index (χ3n) is 1.80. The predicted molar refractivity (Wildman–Crippen MR) is 55.7 cm³/mol. The topological polar surface area (TPSA) is 47.6 Å². The first kappa shape index (κ1) is 13.1. The van der Waals surface area contributed by atoms with E-state index in [2.05, 4.69) is 0 Å². The molecule has 1 rings (SSSR count). The lowest BCUT2D eigenvalue weighted by atomic mass is 10.1. The van der Waals surface area contributed by atoms with E-state index in [1.54, 1.807) is 12.1 Å². The van der Waals surface area contributed by atoms with Crippen molar-refractivity contribution in [1.82, 2.24) is 0 Å². The minimum Gasteiger partial charge on any atom is -0.192 e. The molecule has 2 nitrogen and oxygen atoms in total. The highest BCUT2D eigenvalue weighted by Gasteiger charge is 2.30. The molecular weight excluding hydrogens is 253 g/mol. The van der Waals surface area contributed by atoms with Crippen LogP contribution in [0.4, 0.5) is 13.2 Å². The van der Waals surface area contributed by atoms with Gasteiger partial charge in [-0.25, -0.2) is 0 Å². The quantitative estimate of drug-likeness (QED) is 0.718. The van der Waals surface area contributed by atoms with E-state index in [0.717, 1.165) is 18.2 Å². The molecule has 0 fully saturated rings. The predicted octanol–water partition coefficient (Wildman–Crippen LogP) is 3.79. The lowest BCUT2D eigenvalue weighted by molar-refractivity contribution is -0.137. The summed E-state index contributed by atoms with van der Waals surface area (Å²) in [6, 6.07) is 5.94. The summed E-state index contributed by atoms with van der Waals surface area (Å²) in [7, 11) is 0. The molecule has 0 aliphatic heterocycles. The Morgan fingerprint density at radius 1 is 1.18 bits per heavy atom. The monoisotopic (exact) mass is 256 g/mol. The summed E-state index contributed by atoms with van der Waals surface area (Å²) in [4.78, 5) is 0. The highest BCUT2D eigenvalue weighted by Crippen LogP contribution is 2.32. The maximum absolute atomic E-state index is 12.4. The highest BCUT2D eigenvalue weighted by molar-refractivity contribution is 6.30. The molecule has 0 heterocycles. The van der Waals surface area contributed by atoms with Crippen molar-refractivity contribution in [2.24, 2.45) is 0 Å². The Kier molecular flexibility index (Phi) is 3.77. The number of benzene rings is 1. The van der Waals surface area contributed by atoms with Crippen LogP contribution in [0, 0.1) is 22.7 Å². The highest BCUT2D eigenvalue weighted by atomic mass is 35.5. The SMILES string of the molecule is N#CC(C#N)=Cc1cc(Cl)cc(C(F)(F)F)c1. The number of hydrogen-bond acceptors (Lipinski definition) is 2. The number of alkyl halides is 3. The molecule has 0 atom stereocenters. The summed E-state index contributed by atoms with van der Waals surface area (Å²) in [6.45, 7) is 0. The van der Waals surface area contributed by atoms with Crippen molar-refractivity contribution >= 4 is 17.7 Å². The van der Waals surface area contributed by atoms with Crippen molar-refractivity contribution in [3.05, 3.63) is 39.9 Å². The van der Waals surface area contributed by atoms with Crippen LogP contribution in [0.5, 0.6) is 0 Å². The Balaban J connectivity index is 3.31. The Morgan fingerprint density at radius 3 is 2.24 bits per heavy atom. The van der Waals surface area contributed by atoms with Gasteiger partial charge in [0.2, 0.25) is 0 Å². The van der Waals surface area contributed by atoms with Gasteiger partial charge in [-0.15, -0.1) is 0 Å². The van der Waals surface area contributed by atoms with Crippen LogP contribution in [-0.4, -0.2) is 0 Å². The Bertz CT molecular complexity index is 531. The molecule has 0 aliphatic carbocycles. The Hall–Kier alpha value is -1.98. The number of nitriles is 2. The second kappa shape index (κ2) is 4.90. The van der Waals surface area contributed by atoms with E-state index in [1.165, 1.54) is 6.07 Å². The fourth-order valence-electron chi connectivity index (χ4n) is 1.12. The maximum Gasteiger partial charge on any atom is 0.416 e. The molecule has 0 saturated carbocycles. The molecule has 0 amide bonds. The number of nitrogens with zero attached hydrogens (tertiary/aromatic N) is 2. The van der Waals surface area contributed by atoms with Crippen molar-refractivity contribution in [2.75, 3.05) is 0 Å². The van der Waals surface area contributed by atoms with Crippen LogP contribution < -0.4 is 0 Å². The summed E-state index contributed by atoms with van der Waals surface area (Å²) in [5.41, 5.74) is -1.16. The molecule has 6 heteroatoms. The molecule has 0 spiro atoms. The van der Waals surface area contributed by atoms with Gasteiger partial charge < -0.3 is 0 Å². The molecule has 86 valence electrons. The van der Waals surface area contributed by atoms with Crippen molar-refractivity contribution in [3.8, 4) is 12.1 Å². The van der Waals surface area contributed by atoms with Gasteiger partial charge in [0.05, 0.1) is 5.56 Å². The molecule has 0 aromatic heterocycles. The van der Waals surface area contributed by atoms with Gasteiger partial charge in [0.25, 0.3) is 0 Å². The number of halogens is 4. The molecule has 1 aromatic rings. The van der Waals surface area contributed by atoms with E-state index in [0.29, 0.717) is 0 Å². The Morgan fingerprint density at radius 2 is 1.76 bits per heavy atom.